The summed E-state index contributed by atoms with van der Waals surface area (Å²) in [6.45, 7) is 7.66. The summed E-state index contributed by atoms with van der Waals surface area (Å²) in [4.78, 5) is 24.2. The van der Waals surface area contributed by atoms with E-state index in [9.17, 15) is 9.59 Å². The van der Waals surface area contributed by atoms with Crippen molar-refractivity contribution in [1.82, 2.24) is 0 Å². The lowest BCUT2D eigenvalue weighted by atomic mass is 9.73. The van der Waals surface area contributed by atoms with Crippen LogP contribution in [0.4, 0.5) is 0 Å². The molecule has 0 bridgehead atoms. The Bertz CT molecular complexity index is 437. The Morgan fingerprint density at radius 3 is 2.83 bits per heavy atom. The summed E-state index contributed by atoms with van der Waals surface area (Å²) < 4.78 is 10.7. The first-order valence-electron chi connectivity index (χ1n) is 6.25. The number of carbonyl (C=O) groups is 2. The van der Waals surface area contributed by atoms with Gasteiger partial charge in [-0.3, -0.25) is 4.79 Å². The summed E-state index contributed by atoms with van der Waals surface area (Å²) in [5.74, 6) is -0.343. The quantitative estimate of drug-likeness (QED) is 0.436. The zero-order chi connectivity index (χ0) is 13.4. The fraction of sp³-hybridized carbons (Fsp3) is 0.571. The summed E-state index contributed by atoms with van der Waals surface area (Å²) in [6.07, 6.45) is 5.61. The van der Waals surface area contributed by atoms with Gasteiger partial charge in [-0.25, -0.2) is 4.79 Å². The smallest absolute Gasteiger partial charge is 0.359 e. The molecule has 4 nitrogen and oxygen atoms in total. The van der Waals surface area contributed by atoms with E-state index >= 15 is 0 Å². The number of rotatable bonds is 4. The van der Waals surface area contributed by atoms with Gasteiger partial charge < -0.3 is 9.47 Å². The average molecular weight is 250 g/mol. The predicted molar refractivity (Wildman–Crippen MR) is 65.7 cm³/mol. The van der Waals surface area contributed by atoms with Gasteiger partial charge in [0, 0.05) is 12.5 Å². The first kappa shape index (κ1) is 12.9. The SMILES string of the molecule is C=C[C@@]1(C)COC(=O)[C@]12OC(CCCC)=CC2=O. The van der Waals surface area contributed by atoms with Crippen molar-refractivity contribution >= 4 is 11.8 Å². The molecule has 1 saturated heterocycles. The van der Waals surface area contributed by atoms with Crippen LogP contribution in [0.15, 0.2) is 24.5 Å². The molecule has 4 heteroatoms. The minimum absolute atomic E-state index is 0.135. The molecule has 0 amide bonds. The highest BCUT2D eigenvalue weighted by molar-refractivity contribution is 6.16. The molecule has 0 N–H and O–H groups in total. The predicted octanol–water partition coefficient (Wildman–Crippen LogP) is 2.15. The zero-order valence-corrected chi connectivity index (χ0v) is 10.8. The van der Waals surface area contributed by atoms with Gasteiger partial charge in [0.25, 0.3) is 5.60 Å². The van der Waals surface area contributed by atoms with Gasteiger partial charge in [-0.15, -0.1) is 6.58 Å². The standard InChI is InChI=1S/C14H18O4/c1-4-6-7-10-8-11(15)14(18-10)12(16)17-9-13(14,3)5-2/h5,8H,2,4,6-7,9H2,1,3H3/t13-,14-/m0/s1. The summed E-state index contributed by atoms with van der Waals surface area (Å²) in [6, 6.07) is 0. The van der Waals surface area contributed by atoms with Gasteiger partial charge >= 0.3 is 5.97 Å². The Kier molecular flexibility index (Phi) is 3.05. The molecule has 0 aromatic carbocycles. The second-order valence-corrected chi connectivity index (χ2v) is 5.06. The van der Waals surface area contributed by atoms with E-state index in [2.05, 4.69) is 13.5 Å². The van der Waals surface area contributed by atoms with Crippen molar-refractivity contribution < 1.29 is 19.1 Å². The third kappa shape index (κ3) is 1.51. The molecule has 2 atom stereocenters. The van der Waals surface area contributed by atoms with Gasteiger partial charge in [-0.1, -0.05) is 19.4 Å². The number of carbonyl (C=O) groups excluding carboxylic acids is 2. The van der Waals surface area contributed by atoms with Gasteiger partial charge in [0.2, 0.25) is 5.78 Å². The van der Waals surface area contributed by atoms with Crippen molar-refractivity contribution in [2.45, 2.75) is 38.7 Å². The molecule has 0 aromatic heterocycles. The van der Waals surface area contributed by atoms with Crippen molar-refractivity contribution in [1.29, 1.82) is 0 Å². The van der Waals surface area contributed by atoms with Crippen LogP contribution in [0.2, 0.25) is 0 Å². The van der Waals surface area contributed by atoms with E-state index in [0.717, 1.165) is 12.8 Å². The summed E-state index contributed by atoms with van der Waals surface area (Å²) in [5.41, 5.74) is -2.33. The molecule has 0 aliphatic carbocycles. The first-order chi connectivity index (χ1) is 8.50. The molecule has 0 unspecified atom stereocenters. The van der Waals surface area contributed by atoms with Crippen molar-refractivity contribution in [3.63, 3.8) is 0 Å². The van der Waals surface area contributed by atoms with Crippen molar-refractivity contribution in [2.75, 3.05) is 6.61 Å². The van der Waals surface area contributed by atoms with E-state index in [1.54, 1.807) is 13.0 Å². The van der Waals surface area contributed by atoms with Crippen LogP contribution in [0.1, 0.15) is 33.1 Å². The number of hydrogen-bond acceptors (Lipinski definition) is 4. The van der Waals surface area contributed by atoms with Crippen LogP contribution in [-0.4, -0.2) is 24.0 Å². The number of ether oxygens (including phenoxy) is 2. The van der Waals surface area contributed by atoms with Gasteiger partial charge in [0.05, 0.1) is 5.41 Å². The largest absolute Gasteiger partial charge is 0.470 e. The summed E-state index contributed by atoms with van der Waals surface area (Å²) >= 11 is 0. The fourth-order valence-corrected chi connectivity index (χ4v) is 2.39. The molecule has 0 radical (unpaired) electrons. The van der Waals surface area contributed by atoms with E-state index in [0.29, 0.717) is 12.2 Å². The molecule has 2 aliphatic rings. The Morgan fingerprint density at radius 1 is 1.50 bits per heavy atom. The monoisotopic (exact) mass is 250 g/mol. The van der Waals surface area contributed by atoms with E-state index in [1.165, 1.54) is 6.08 Å². The Balaban J connectivity index is 2.31. The maximum atomic E-state index is 12.2. The number of ketones is 1. The third-order valence-electron chi connectivity index (χ3n) is 3.75. The van der Waals surface area contributed by atoms with Crippen molar-refractivity contribution in [3.8, 4) is 0 Å². The number of hydrogen-bond donors (Lipinski definition) is 0. The van der Waals surface area contributed by atoms with E-state index in [-0.39, 0.29) is 12.4 Å². The molecular formula is C14H18O4. The molecule has 1 fully saturated rings. The maximum Gasteiger partial charge on any atom is 0.359 e. The number of esters is 1. The molecule has 0 saturated carbocycles. The highest BCUT2D eigenvalue weighted by atomic mass is 16.6. The second kappa shape index (κ2) is 4.26. The molecule has 0 aromatic rings. The van der Waals surface area contributed by atoms with Crippen LogP contribution in [0.3, 0.4) is 0 Å². The topological polar surface area (TPSA) is 52.6 Å². The Morgan fingerprint density at radius 2 is 2.22 bits per heavy atom. The van der Waals surface area contributed by atoms with Crippen LogP contribution in [0, 0.1) is 5.41 Å². The van der Waals surface area contributed by atoms with Crippen LogP contribution in [0.25, 0.3) is 0 Å². The minimum Gasteiger partial charge on any atom is -0.470 e. The number of unbranched alkanes of at least 4 members (excludes halogenated alkanes) is 1. The van der Waals surface area contributed by atoms with Crippen LogP contribution in [0.5, 0.6) is 0 Å². The highest BCUT2D eigenvalue weighted by Gasteiger charge is 2.68. The van der Waals surface area contributed by atoms with Crippen LogP contribution >= 0.6 is 0 Å². The lowest BCUT2D eigenvalue weighted by Crippen LogP contribution is -2.52. The summed E-state index contributed by atoms with van der Waals surface area (Å²) in [7, 11) is 0. The van der Waals surface area contributed by atoms with Crippen molar-refractivity contribution in [2.24, 2.45) is 5.41 Å². The van der Waals surface area contributed by atoms with Gasteiger partial charge in [-0.2, -0.15) is 0 Å². The first-order valence-corrected chi connectivity index (χ1v) is 6.25. The third-order valence-corrected chi connectivity index (χ3v) is 3.75. The molecule has 18 heavy (non-hydrogen) atoms. The van der Waals surface area contributed by atoms with Gasteiger partial charge in [-0.05, 0) is 13.3 Å². The number of cyclic esters (lactones) is 1. The molecular weight excluding hydrogens is 232 g/mol. The lowest BCUT2D eigenvalue weighted by molar-refractivity contribution is -0.160. The second-order valence-electron chi connectivity index (χ2n) is 5.06. The molecule has 2 aliphatic heterocycles. The molecule has 98 valence electrons. The van der Waals surface area contributed by atoms with Crippen LogP contribution < -0.4 is 0 Å². The highest BCUT2D eigenvalue weighted by Crippen LogP contribution is 2.48. The van der Waals surface area contributed by atoms with Crippen LogP contribution in [-0.2, 0) is 19.1 Å². The van der Waals surface area contributed by atoms with Crippen molar-refractivity contribution in [3.05, 3.63) is 24.5 Å². The maximum absolute atomic E-state index is 12.2. The molecule has 2 rings (SSSR count). The fourth-order valence-electron chi connectivity index (χ4n) is 2.39. The molecule has 2 heterocycles. The average Bonchev–Trinajstić information content (AvgIpc) is 2.82. The number of allylic oxidation sites excluding steroid dienone is 1. The van der Waals surface area contributed by atoms with Gasteiger partial charge in [0.15, 0.2) is 0 Å². The normalized spacial score (nSPS) is 34.4. The Hall–Kier alpha value is -1.58. The molecule has 1 spiro atoms. The van der Waals surface area contributed by atoms with E-state index < -0.39 is 17.0 Å². The lowest BCUT2D eigenvalue weighted by Gasteiger charge is -2.31. The minimum atomic E-state index is -1.53. The zero-order valence-electron chi connectivity index (χ0n) is 10.8. The van der Waals surface area contributed by atoms with E-state index in [4.69, 9.17) is 9.47 Å². The van der Waals surface area contributed by atoms with E-state index in [1.807, 2.05) is 0 Å². The summed E-state index contributed by atoms with van der Waals surface area (Å²) in [5, 5.41) is 0. The van der Waals surface area contributed by atoms with Gasteiger partial charge in [0.1, 0.15) is 12.4 Å². The Labute approximate surface area is 107 Å².